The minimum Gasteiger partial charge on any atom is -0.480 e. The van der Waals surface area contributed by atoms with Gasteiger partial charge in [0.1, 0.15) is 18.1 Å². The highest BCUT2D eigenvalue weighted by molar-refractivity contribution is 7.80. The Morgan fingerprint density at radius 1 is 0.783 bits per heavy atom. The number of hydrogen-bond donors (Lipinski definition) is 10. The van der Waals surface area contributed by atoms with Crippen molar-refractivity contribution >= 4 is 64.1 Å². The van der Waals surface area contributed by atoms with E-state index >= 15 is 0 Å². The molecule has 4 rings (SSSR count). The number of nitrogens with one attached hydrogen (secondary N) is 5. The lowest BCUT2D eigenvalue weighted by Crippen LogP contribution is -2.58. The van der Waals surface area contributed by atoms with Crippen molar-refractivity contribution in [2.45, 2.75) is 49.9 Å². The number of nitrogens with zero attached hydrogens (tertiary/aromatic N) is 1. The molecule has 15 heteroatoms. The zero-order chi connectivity index (χ0) is 33.2. The summed E-state index contributed by atoms with van der Waals surface area (Å²) in [5, 5.41) is 19.7. The van der Waals surface area contributed by atoms with Crippen LogP contribution in [0.5, 0.6) is 0 Å². The fourth-order valence-corrected chi connectivity index (χ4v) is 5.29. The second kappa shape index (κ2) is 15.8. The minimum absolute atomic E-state index is 0.00390. The summed E-state index contributed by atoms with van der Waals surface area (Å²) in [4.78, 5) is 62.6. The van der Waals surface area contributed by atoms with Crippen LogP contribution >= 0.6 is 12.6 Å². The third-order valence-electron chi connectivity index (χ3n) is 7.56. The van der Waals surface area contributed by atoms with Crippen molar-refractivity contribution < 1.29 is 24.3 Å². The number of amides is 3. The fourth-order valence-electron chi connectivity index (χ4n) is 5.13. The Balaban J connectivity index is 1.58. The largest absolute Gasteiger partial charge is 0.480 e. The van der Waals surface area contributed by atoms with Crippen LogP contribution in [-0.4, -0.2) is 81.2 Å². The van der Waals surface area contributed by atoms with Crippen LogP contribution < -0.4 is 33.2 Å². The number of carboxylic acids is 1. The van der Waals surface area contributed by atoms with Crippen LogP contribution in [0.3, 0.4) is 0 Å². The quantitative estimate of drug-likeness (QED) is 0.0349. The number of para-hydroxylation sites is 2. The molecular formula is C31H39N9O5S. The van der Waals surface area contributed by atoms with E-state index in [1.54, 1.807) is 12.4 Å². The second-order valence-electron chi connectivity index (χ2n) is 10.9. The van der Waals surface area contributed by atoms with E-state index in [0.29, 0.717) is 12.0 Å². The number of carbonyl (C=O) groups excluding carboxylic acids is 3. The monoisotopic (exact) mass is 649 g/mol. The molecule has 0 saturated carbocycles. The molecule has 0 bridgehead atoms. The highest BCUT2D eigenvalue weighted by atomic mass is 32.1. The summed E-state index contributed by atoms with van der Waals surface area (Å²) in [6.45, 7) is 0.202. The smallest absolute Gasteiger partial charge is 0.326 e. The predicted molar refractivity (Wildman–Crippen MR) is 179 cm³/mol. The van der Waals surface area contributed by atoms with Crippen molar-refractivity contribution in [1.29, 1.82) is 0 Å². The van der Waals surface area contributed by atoms with Crippen LogP contribution in [-0.2, 0) is 32.0 Å². The molecule has 4 atom stereocenters. The van der Waals surface area contributed by atoms with Crippen LogP contribution in [0, 0.1) is 0 Å². The number of guanidine groups is 1. The summed E-state index contributed by atoms with van der Waals surface area (Å²) in [6, 6.07) is 10.3. The first-order chi connectivity index (χ1) is 22.1. The molecule has 2 heterocycles. The zero-order valence-electron chi connectivity index (χ0n) is 25.0. The highest BCUT2D eigenvalue weighted by Gasteiger charge is 2.31. The Hall–Kier alpha value is -5.02. The summed E-state index contributed by atoms with van der Waals surface area (Å²) in [6.07, 6.45) is 3.95. The number of nitrogens with two attached hydrogens (primary N) is 3. The van der Waals surface area contributed by atoms with E-state index in [0.717, 1.165) is 27.4 Å². The molecule has 0 spiro atoms. The molecule has 244 valence electrons. The second-order valence-corrected chi connectivity index (χ2v) is 11.3. The molecule has 4 unspecified atom stereocenters. The molecule has 14 nitrogen and oxygen atoms in total. The van der Waals surface area contributed by atoms with Gasteiger partial charge in [-0.2, -0.15) is 12.6 Å². The lowest BCUT2D eigenvalue weighted by atomic mass is 10.0. The number of carboxylic acid groups (broad SMARTS) is 1. The molecule has 0 aliphatic carbocycles. The molecule has 12 N–H and O–H groups in total. The Labute approximate surface area is 270 Å². The number of rotatable bonds is 16. The van der Waals surface area contributed by atoms with Gasteiger partial charge in [-0.1, -0.05) is 36.4 Å². The lowest BCUT2D eigenvalue weighted by molar-refractivity contribution is -0.142. The van der Waals surface area contributed by atoms with Gasteiger partial charge in [-0.05, 0) is 36.1 Å². The molecule has 0 fully saturated rings. The van der Waals surface area contributed by atoms with Gasteiger partial charge in [0.05, 0.1) is 6.04 Å². The molecule has 3 amide bonds. The SMILES string of the molecule is NC(N)=NCCCC(NC(=O)C(N)CS)C(=O)NC(Cc1c[nH]c2ccccc12)C(=O)NC(Cc1c[nH]c2ccccc12)C(=O)O. The molecule has 0 saturated heterocycles. The number of thiol groups is 1. The Morgan fingerprint density at radius 2 is 1.28 bits per heavy atom. The van der Waals surface area contributed by atoms with Crippen LogP contribution in [0.2, 0.25) is 0 Å². The van der Waals surface area contributed by atoms with E-state index in [-0.39, 0.29) is 37.5 Å². The fraction of sp³-hybridized carbons (Fsp3) is 0.323. The van der Waals surface area contributed by atoms with Crippen LogP contribution in [0.25, 0.3) is 21.8 Å². The molecule has 0 aliphatic rings. The normalized spacial score (nSPS) is 13.8. The van der Waals surface area contributed by atoms with Crippen LogP contribution in [0.4, 0.5) is 0 Å². The average molecular weight is 650 g/mol. The number of benzene rings is 2. The molecule has 2 aromatic heterocycles. The number of H-pyrrole nitrogens is 2. The number of aromatic amines is 2. The Bertz CT molecular complexity index is 1710. The topological polar surface area (TPSA) is 247 Å². The molecule has 2 aromatic carbocycles. The van der Waals surface area contributed by atoms with Gasteiger partial charge in [0.15, 0.2) is 5.96 Å². The number of carbonyl (C=O) groups is 4. The zero-order valence-corrected chi connectivity index (χ0v) is 25.9. The Kier molecular flexibility index (Phi) is 11.6. The number of aliphatic imine (C=N–C) groups is 1. The first-order valence-corrected chi connectivity index (χ1v) is 15.4. The standard InChI is InChI=1S/C31H39N9O5S/c32-21(16-46)27(41)38-24(10-5-11-35-31(33)34)28(42)39-25(12-17-14-36-22-8-3-1-6-19(17)22)29(43)40-26(30(44)45)13-18-15-37-23-9-4-2-7-20(18)23/h1-4,6-9,14-15,21,24-26,36-37,46H,5,10-13,16,32H2,(H,38,41)(H,39,42)(H,40,43)(H,44,45)(H4,33,34,35). The maximum Gasteiger partial charge on any atom is 0.326 e. The summed E-state index contributed by atoms with van der Waals surface area (Å²) in [5.41, 5.74) is 19.7. The van der Waals surface area contributed by atoms with E-state index in [2.05, 4.69) is 43.5 Å². The van der Waals surface area contributed by atoms with Gasteiger partial charge < -0.3 is 48.2 Å². The van der Waals surface area contributed by atoms with Crippen molar-refractivity contribution in [3.8, 4) is 0 Å². The molecular weight excluding hydrogens is 610 g/mol. The van der Waals surface area contributed by atoms with Gasteiger partial charge >= 0.3 is 5.97 Å². The maximum atomic E-state index is 13.8. The average Bonchev–Trinajstić information content (AvgIpc) is 3.65. The number of fused-ring (bicyclic) bond motifs is 2. The van der Waals surface area contributed by atoms with Gasteiger partial charge in [0, 0.05) is 59.3 Å². The van der Waals surface area contributed by atoms with E-state index in [9.17, 15) is 24.3 Å². The van der Waals surface area contributed by atoms with Crippen molar-refractivity contribution in [2.75, 3.05) is 12.3 Å². The Morgan fingerprint density at radius 3 is 1.83 bits per heavy atom. The van der Waals surface area contributed by atoms with Crippen molar-refractivity contribution in [3.63, 3.8) is 0 Å². The maximum absolute atomic E-state index is 13.8. The molecule has 0 aliphatic heterocycles. The summed E-state index contributed by atoms with van der Waals surface area (Å²) >= 11 is 4.06. The van der Waals surface area contributed by atoms with Crippen molar-refractivity contribution in [2.24, 2.45) is 22.2 Å². The van der Waals surface area contributed by atoms with Crippen LogP contribution in [0.15, 0.2) is 65.9 Å². The third-order valence-corrected chi connectivity index (χ3v) is 7.95. The van der Waals surface area contributed by atoms with Gasteiger partial charge in [-0.15, -0.1) is 0 Å². The molecule has 4 aromatic rings. The third kappa shape index (κ3) is 8.79. The summed E-state index contributed by atoms with van der Waals surface area (Å²) in [5.74, 6) is -3.26. The van der Waals surface area contributed by atoms with E-state index in [4.69, 9.17) is 17.2 Å². The van der Waals surface area contributed by atoms with E-state index in [1.165, 1.54) is 0 Å². The molecule has 46 heavy (non-hydrogen) atoms. The van der Waals surface area contributed by atoms with Gasteiger partial charge in [0.25, 0.3) is 0 Å². The van der Waals surface area contributed by atoms with Gasteiger partial charge in [0.2, 0.25) is 17.7 Å². The van der Waals surface area contributed by atoms with E-state index < -0.39 is 47.9 Å². The van der Waals surface area contributed by atoms with Gasteiger partial charge in [-0.25, -0.2) is 4.79 Å². The van der Waals surface area contributed by atoms with Gasteiger partial charge in [-0.3, -0.25) is 19.4 Å². The predicted octanol–water partition coefficient (Wildman–Crippen LogP) is 0.284. The first kappa shape index (κ1) is 33.9. The number of aromatic nitrogens is 2. The molecule has 0 radical (unpaired) electrons. The first-order valence-electron chi connectivity index (χ1n) is 14.7. The number of aliphatic carboxylic acids is 1. The van der Waals surface area contributed by atoms with E-state index in [1.807, 2.05) is 48.5 Å². The van der Waals surface area contributed by atoms with Crippen molar-refractivity contribution in [3.05, 3.63) is 72.1 Å². The number of hydrogen-bond acceptors (Lipinski definition) is 7. The lowest BCUT2D eigenvalue weighted by Gasteiger charge is -2.25. The summed E-state index contributed by atoms with van der Waals surface area (Å²) in [7, 11) is 0. The van der Waals surface area contributed by atoms with Crippen molar-refractivity contribution in [1.82, 2.24) is 25.9 Å². The minimum atomic E-state index is -1.29. The summed E-state index contributed by atoms with van der Waals surface area (Å²) < 4.78 is 0. The van der Waals surface area contributed by atoms with Crippen LogP contribution in [0.1, 0.15) is 24.0 Å². The highest BCUT2D eigenvalue weighted by Crippen LogP contribution is 2.21.